The van der Waals surface area contributed by atoms with Gasteiger partial charge in [0.05, 0.1) is 5.39 Å². The van der Waals surface area contributed by atoms with Crippen LogP contribution in [0.5, 0.6) is 0 Å². The number of anilines is 2. The van der Waals surface area contributed by atoms with Crippen LogP contribution in [0.1, 0.15) is 30.3 Å². The van der Waals surface area contributed by atoms with Gasteiger partial charge in [-0.1, -0.05) is 0 Å². The average Bonchev–Trinajstić information content (AvgIpc) is 3.53. The molecular weight excluding hydrogens is 326 g/mol. The third kappa shape index (κ3) is 2.83. The van der Waals surface area contributed by atoms with Crippen LogP contribution in [-0.2, 0) is 0 Å². The lowest BCUT2D eigenvalue weighted by atomic mass is 10.2. The molecule has 2 aliphatic rings. The van der Waals surface area contributed by atoms with Crippen molar-refractivity contribution in [1.82, 2.24) is 24.9 Å². The van der Waals surface area contributed by atoms with E-state index in [0.717, 1.165) is 54.7 Å². The highest BCUT2D eigenvalue weighted by molar-refractivity contribution is 5.86. The maximum atomic E-state index is 4.68. The third-order valence-corrected chi connectivity index (χ3v) is 5.13. The van der Waals surface area contributed by atoms with Gasteiger partial charge in [-0.3, -0.25) is 0 Å². The molecule has 0 amide bonds. The molecule has 132 valence electrons. The van der Waals surface area contributed by atoms with Crippen LogP contribution in [0.25, 0.3) is 11.0 Å². The molecule has 1 aliphatic heterocycles. The minimum absolute atomic E-state index is 0.650. The predicted octanol–water partition coefficient (Wildman–Crippen LogP) is 2.33. The van der Waals surface area contributed by atoms with Crippen molar-refractivity contribution < 1.29 is 0 Å². The Morgan fingerprint density at radius 3 is 2.58 bits per heavy atom. The normalized spacial score (nSPS) is 17.7. The van der Waals surface area contributed by atoms with Crippen molar-refractivity contribution in [3.63, 3.8) is 0 Å². The summed E-state index contributed by atoms with van der Waals surface area (Å²) in [6, 6.07) is 6.17. The Morgan fingerprint density at radius 1 is 0.962 bits per heavy atom. The van der Waals surface area contributed by atoms with E-state index in [1.807, 2.05) is 19.1 Å². The second-order valence-electron chi connectivity index (χ2n) is 7.02. The molecular formula is C19H21N7. The molecule has 26 heavy (non-hydrogen) atoms. The molecule has 0 unspecified atom stereocenters. The lowest BCUT2D eigenvalue weighted by molar-refractivity contribution is 0.640. The number of fused-ring (bicyclic) bond motifs is 1. The summed E-state index contributed by atoms with van der Waals surface area (Å²) >= 11 is 0. The van der Waals surface area contributed by atoms with E-state index in [0.29, 0.717) is 5.92 Å². The van der Waals surface area contributed by atoms with Gasteiger partial charge in [0.2, 0.25) is 0 Å². The van der Waals surface area contributed by atoms with Gasteiger partial charge in [0.1, 0.15) is 23.8 Å². The molecule has 0 N–H and O–H groups in total. The number of hydrogen-bond donors (Lipinski definition) is 0. The molecule has 2 fully saturated rings. The number of pyridine rings is 1. The van der Waals surface area contributed by atoms with Gasteiger partial charge in [-0.05, 0) is 31.9 Å². The summed E-state index contributed by atoms with van der Waals surface area (Å²) in [5.74, 6) is 3.56. The number of rotatable bonds is 3. The van der Waals surface area contributed by atoms with E-state index in [4.69, 9.17) is 0 Å². The van der Waals surface area contributed by atoms with E-state index >= 15 is 0 Å². The number of aryl methyl sites for hydroxylation is 1. The standard InChI is InChI=1S/C19H21N7/c1-13-23-16(14-4-5-14)11-17(24-13)25-7-9-26(10-8-25)19-15-3-2-6-20-18(15)21-12-22-19/h2-3,6,11-12,14H,4-5,7-10H2,1H3. The van der Waals surface area contributed by atoms with E-state index in [1.54, 1.807) is 12.5 Å². The summed E-state index contributed by atoms with van der Waals surface area (Å²) < 4.78 is 0. The predicted molar refractivity (Wildman–Crippen MR) is 101 cm³/mol. The van der Waals surface area contributed by atoms with Gasteiger partial charge in [0, 0.05) is 50.1 Å². The SMILES string of the molecule is Cc1nc(C2CC2)cc(N2CCN(c3ncnc4ncccc34)CC2)n1. The Kier molecular flexibility index (Phi) is 3.65. The van der Waals surface area contributed by atoms with Crippen LogP contribution in [0.2, 0.25) is 0 Å². The number of piperazine rings is 1. The highest BCUT2D eigenvalue weighted by atomic mass is 15.3. The molecule has 5 rings (SSSR count). The first kappa shape index (κ1) is 15.4. The van der Waals surface area contributed by atoms with Gasteiger partial charge in [-0.2, -0.15) is 0 Å². The highest BCUT2D eigenvalue weighted by Crippen LogP contribution is 2.39. The van der Waals surface area contributed by atoms with Crippen LogP contribution in [0.15, 0.2) is 30.7 Å². The van der Waals surface area contributed by atoms with Gasteiger partial charge < -0.3 is 9.80 Å². The van der Waals surface area contributed by atoms with E-state index < -0.39 is 0 Å². The van der Waals surface area contributed by atoms with Crippen LogP contribution < -0.4 is 9.80 Å². The Hall–Kier alpha value is -2.83. The molecule has 3 aromatic rings. The summed E-state index contributed by atoms with van der Waals surface area (Å²) in [5.41, 5.74) is 1.96. The fraction of sp³-hybridized carbons (Fsp3) is 0.421. The minimum atomic E-state index is 0.650. The van der Waals surface area contributed by atoms with Crippen molar-refractivity contribution in [1.29, 1.82) is 0 Å². The molecule has 1 saturated carbocycles. The van der Waals surface area contributed by atoms with E-state index in [2.05, 4.69) is 40.8 Å². The number of nitrogens with zero attached hydrogens (tertiary/aromatic N) is 7. The molecule has 3 aromatic heterocycles. The van der Waals surface area contributed by atoms with Crippen molar-refractivity contribution in [3.05, 3.63) is 42.2 Å². The number of aromatic nitrogens is 5. The average molecular weight is 347 g/mol. The van der Waals surface area contributed by atoms with Gasteiger partial charge >= 0.3 is 0 Å². The second kappa shape index (κ2) is 6.16. The molecule has 0 aromatic carbocycles. The Morgan fingerprint density at radius 2 is 1.77 bits per heavy atom. The molecule has 1 aliphatic carbocycles. The van der Waals surface area contributed by atoms with Crippen LogP contribution in [0.3, 0.4) is 0 Å². The highest BCUT2D eigenvalue weighted by Gasteiger charge is 2.27. The largest absolute Gasteiger partial charge is 0.353 e. The Labute approximate surface area is 152 Å². The van der Waals surface area contributed by atoms with E-state index in [1.165, 1.54) is 18.5 Å². The van der Waals surface area contributed by atoms with Gasteiger partial charge in [-0.15, -0.1) is 0 Å². The van der Waals surface area contributed by atoms with Crippen LogP contribution in [0.4, 0.5) is 11.6 Å². The monoisotopic (exact) mass is 347 g/mol. The zero-order valence-corrected chi connectivity index (χ0v) is 14.8. The first-order valence-corrected chi connectivity index (χ1v) is 9.19. The maximum absolute atomic E-state index is 4.68. The topological polar surface area (TPSA) is 70.9 Å². The first-order valence-electron chi connectivity index (χ1n) is 9.19. The lowest BCUT2D eigenvalue weighted by Crippen LogP contribution is -2.47. The molecule has 7 nitrogen and oxygen atoms in total. The van der Waals surface area contributed by atoms with Gasteiger partial charge in [0.25, 0.3) is 0 Å². The maximum Gasteiger partial charge on any atom is 0.164 e. The van der Waals surface area contributed by atoms with Crippen molar-refractivity contribution in [2.75, 3.05) is 36.0 Å². The Bertz CT molecular complexity index is 940. The zero-order valence-electron chi connectivity index (χ0n) is 14.8. The lowest BCUT2D eigenvalue weighted by Gasteiger charge is -2.36. The summed E-state index contributed by atoms with van der Waals surface area (Å²) in [5, 5.41) is 1.01. The van der Waals surface area contributed by atoms with Gasteiger partial charge in [-0.25, -0.2) is 24.9 Å². The molecule has 4 heterocycles. The number of hydrogen-bond acceptors (Lipinski definition) is 7. The second-order valence-corrected chi connectivity index (χ2v) is 7.02. The smallest absolute Gasteiger partial charge is 0.164 e. The molecule has 0 radical (unpaired) electrons. The van der Waals surface area contributed by atoms with E-state index in [-0.39, 0.29) is 0 Å². The summed E-state index contributed by atoms with van der Waals surface area (Å²) in [7, 11) is 0. The van der Waals surface area contributed by atoms with Crippen LogP contribution in [-0.4, -0.2) is 51.1 Å². The minimum Gasteiger partial charge on any atom is -0.353 e. The fourth-order valence-electron chi connectivity index (χ4n) is 3.61. The summed E-state index contributed by atoms with van der Waals surface area (Å²) in [4.78, 5) is 27.1. The van der Waals surface area contributed by atoms with Crippen molar-refractivity contribution in [3.8, 4) is 0 Å². The van der Waals surface area contributed by atoms with Crippen LogP contribution >= 0.6 is 0 Å². The summed E-state index contributed by atoms with van der Waals surface area (Å²) in [6.07, 6.45) is 5.90. The van der Waals surface area contributed by atoms with Crippen molar-refractivity contribution in [2.24, 2.45) is 0 Å². The van der Waals surface area contributed by atoms with Crippen molar-refractivity contribution in [2.45, 2.75) is 25.7 Å². The third-order valence-electron chi connectivity index (χ3n) is 5.13. The molecule has 0 atom stereocenters. The Balaban J connectivity index is 1.36. The molecule has 0 bridgehead atoms. The fourth-order valence-corrected chi connectivity index (χ4v) is 3.61. The summed E-state index contributed by atoms with van der Waals surface area (Å²) in [6.45, 7) is 5.65. The van der Waals surface area contributed by atoms with Crippen molar-refractivity contribution >= 4 is 22.7 Å². The first-order chi connectivity index (χ1) is 12.8. The zero-order chi connectivity index (χ0) is 17.5. The molecule has 0 spiro atoms. The van der Waals surface area contributed by atoms with E-state index in [9.17, 15) is 0 Å². The van der Waals surface area contributed by atoms with Gasteiger partial charge in [0.15, 0.2) is 5.65 Å². The molecule has 1 saturated heterocycles. The molecule has 7 heteroatoms. The quantitative estimate of drug-likeness (QED) is 0.720. The van der Waals surface area contributed by atoms with Crippen LogP contribution in [0, 0.1) is 6.92 Å².